The second-order valence-corrected chi connectivity index (χ2v) is 3.22. The van der Waals surface area contributed by atoms with E-state index in [1.54, 1.807) is 0 Å². The topological polar surface area (TPSA) is 104 Å². The normalized spacial score (nSPS) is 15.9. The summed E-state index contributed by atoms with van der Waals surface area (Å²) in [6.45, 7) is 0.898. The monoisotopic (exact) mass is 887 g/mol. The van der Waals surface area contributed by atoms with Crippen LogP contribution in [0.4, 0.5) is 0 Å². The van der Waals surface area contributed by atoms with E-state index in [4.69, 9.17) is 5.11 Å². The Bertz CT molecular complexity index is 228. The van der Waals surface area contributed by atoms with Crippen LogP contribution in [0.3, 0.4) is 0 Å². The van der Waals surface area contributed by atoms with Gasteiger partial charge < -0.3 is 20.1 Å². The molecule has 0 amide bonds. The Balaban J connectivity index is -0.000000282. The van der Waals surface area contributed by atoms with E-state index in [9.17, 15) is 19.8 Å². The number of carbonyl (C=O) groups excluding carboxylic acids is 2. The van der Waals surface area contributed by atoms with Crippen LogP contribution >= 0.6 is 0 Å². The van der Waals surface area contributed by atoms with Crippen molar-refractivity contribution < 1.29 is 162 Å². The Morgan fingerprint density at radius 2 is 1.41 bits per heavy atom. The summed E-state index contributed by atoms with van der Waals surface area (Å²) in [5.74, 6) is -2.21. The van der Waals surface area contributed by atoms with E-state index < -0.39 is 29.6 Å². The Hall–Kier alpha value is 3.34. The van der Waals surface area contributed by atoms with Crippen LogP contribution in [0.25, 0.3) is 0 Å². The average Bonchev–Trinajstić information content (AvgIpc) is 2.14. The van der Waals surface area contributed by atoms with E-state index in [1.165, 1.54) is 0 Å². The number of ketones is 1. The predicted molar refractivity (Wildman–Crippen MR) is 45.4 cm³/mol. The summed E-state index contributed by atoms with van der Waals surface area (Å²) < 4.78 is 4.21. The second-order valence-electron chi connectivity index (χ2n) is 3.22. The summed E-state index contributed by atoms with van der Waals surface area (Å²) in [6, 6.07) is 0. The fraction of sp³-hybridized carbons (Fsp3) is 0.750. The standard InChI is InChI=1S/C8H14O6.3Ac/c1-7(12,5(10)4-9)8(2,13)6(11)14-3;;;/h9,12-13H,4H2,1-3H3;;;. The van der Waals surface area contributed by atoms with Gasteiger partial charge in [0.1, 0.15) is 6.61 Å². The molecule has 2 atom stereocenters. The first-order valence-corrected chi connectivity index (χ1v) is 3.89. The van der Waals surface area contributed by atoms with Crippen LogP contribution in [0, 0.1) is 132 Å². The maximum atomic E-state index is 11.0. The Kier molecular flexibility index (Phi) is 20.0. The van der Waals surface area contributed by atoms with E-state index in [0.717, 1.165) is 21.0 Å². The molecule has 0 heterocycles. The molecule has 0 aliphatic heterocycles. The molecule has 0 saturated carbocycles. The number of aliphatic hydroxyl groups excluding tert-OH is 1. The number of hydrogen-bond acceptors (Lipinski definition) is 6. The number of Topliss-reactive ketones (excluding diaryl/α,β-unsaturated/α-hetero) is 1. The molecule has 0 aromatic rings. The van der Waals surface area contributed by atoms with Crippen molar-refractivity contribution in [3.8, 4) is 0 Å². The van der Waals surface area contributed by atoms with Crippen molar-refractivity contribution in [3.63, 3.8) is 0 Å². The summed E-state index contributed by atoms with van der Waals surface area (Å²) in [5.41, 5.74) is -4.77. The van der Waals surface area contributed by atoms with Crippen LogP contribution in [0.1, 0.15) is 13.8 Å². The smallest absolute Gasteiger partial charge is 0.341 e. The third-order valence-electron chi connectivity index (χ3n) is 2.22. The number of carbonyl (C=O) groups is 2. The van der Waals surface area contributed by atoms with Crippen LogP contribution in [-0.2, 0) is 14.3 Å². The molecule has 17 heavy (non-hydrogen) atoms. The van der Waals surface area contributed by atoms with Crippen molar-refractivity contribution in [1.29, 1.82) is 0 Å². The van der Waals surface area contributed by atoms with Gasteiger partial charge in [0.15, 0.2) is 17.0 Å². The molecule has 3 radical (unpaired) electrons. The van der Waals surface area contributed by atoms with E-state index in [0.29, 0.717) is 0 Å². The van der Waals surface area contributed by atoms with Gasteiger partial charge in [0.2, 0.25) is 0 Å². The molecule has 0 fully saturated rings. The minimum atomic E-state index is -2.39. The van der Waals surface area contributed by atoms with Gasteiger partial charge in [-0.15, -0.1) is 0 Å². The van der Waals surface area contributed by atoms with Crippen molar-refractivity contribution in [3.05, 3.63) is 0 Å². The second kappa shape index (κ2) is 11.9. The van der Waals surface area contributed by atoms with E-state index in [2.05, 4.69) is 4.74 Å². The van der Waals surface area contributed by atoms with Crippen molar-refractivity contribution in [2.45, 2.75) is 25.0 Å². The van der Waals surface area contributed by atoms with Crippen molar-refractivity contribution in [2.75, 3.05) is 13.7 Å². The number of methoxy groups -OCH3 is 1. The number of hydrogen-bond donors (Lipinski definition) is 3. The van der Waals surface area contributed by atoms with E-state index >= 15 is 0 Å². The van der Waals surface area contributed by atoms with Gasteiger partial charge in [0.25, 0.3) is 0 Å². The zero-order valence-electron chi connectivity index (χ0n) is 10.0. The van der Waals surface area contributed by atoms with Crippen LogP contribution in [0.5, 0.6) is 0 Å². The van der Waals surface area contributed by atoms with Gasteiger partial charge in [0.05, 0.1) is 7.11 Å². The first kappa shape index (κ1) is 28.5. The van der Waals surface area contributed by atoms with Crippen LogP contribution in [0.15, 0.2) is 0 Å². The Morgan fingerprint density at radius 1 is 1.06 bits per heavy atom. The minimum absolute atomic E-state index is 0. The molecule has 0 spiro atoms. The molecule has 0 rings (SSSR count). The zero-order chi connectivity index (χ0) is 11.6. The molecular weight excluding hydrogens is 873 g/mol. The van der Waals surface area contributed by atoms with E-state index in [1.807, 2.05) is 0 Å². The third-order valence-corrected chi connectivity index (χ3v) is 2.22. The third kappa shape index (κ3) is 7.24. The maximum absolute atomic E-state index is 11.0. The molecular formula is C8H14Ac3O6. The molecule has 0 aromatic heterocycles. The molecule has 3 N–H and O–H groups in total. The molecule has 0 bridgehead atoms. The molecule has 91 valence electrons. The summed E-state index contributed by atoms with van der Waals surface area (Å²) >= 11 is 0. The van der Waals surface area contributed by atoms with Crippen molar-refractivity contribution in [2.24, 2.45) is 0 Å². The molecule has 2 unspecified atom stereocenters. The van der Waals surface area contributed by atoms with Crippen LogP contribution < -0.4 is 0 Å². The summed E-state index contributed by atoms with van der Waals surface area (Å²) in [6.07, 6.45) is 0. The summed E-state index contributed by atoms with van der Waals surface area (Å²) in [7, 11) is 1.01. The predicted octanol–water partition coefficient (Wildman–Crippen LogP) is -1.78. The van der Waals surface area contributed by atoms with Gasteiger partial charge in [-0.2, -0.15) is 0 Å². The number of esters is 1. The van der Waals surface area contributed by atoms with Gasteiger partial charge in [-0.3, -0.25) is 4.79 Å². The van der Waals surface area contributed by atoms with Crippen molar-refractivity contribution >= 4 is 11.8 Å². The first-order chi connectivity index (χ1) is 6.21. The largest absolute Gasteiger partial charge is 0.467 e. The van der Waals surface area contributed by atoms with Crippen molar-refractivity contribution in [1.82, 2.24) is 0 Å². The number of aliphatic hydroxyl groups is 3. The summed E-state index contributed by atoms with van der Waals surface area (Å²) in [4.78, 5) is 22.1. The SMILES string of the molecule is COC(=O)C(C)(O)C(C)(O)C(=O)CO.[Ac].[Ac].[Ac]. The molecule has 9 heteroatoms. The fourth-order valence-corrected chi connectivity index (χ4v) is 0.823. The number of rotatable bonds is 4. The average molecular weight is 887 g/mol. The van der Waals surface area contributed by atoms with Gasteiger partial charge in [-0.25, -0.2) is 4.79 Å². The van der Waals surface area contributed by atoms with E-state index in [-0.39, 0.29) is 132 Å². The molecule has 0 aliphatic carbocycles. The Labute approximate surface area is 207 Å². The van der Waals surface area contributed by atoms with Gasteiger partial charge in [-0.1, -0.05) is 0 Å². The molecule has 0 aliphatic rings. The van der Waals surface area contributed by atoms with Gasteiger partial charge >= 0.3 is 5.97 Å². The minimum Gasteiger partial charge on any atom is -0.467 e. The zero-order valence-corrected chi connectivity index (χ0v) is 24.2. The van der Waals surface area contributed by atoms with Gasteiger partial charge in [0, 0.05) is 132 Å². The Morgan fingerprint density at radius 3 is 1.65 bits per heavy atom. The first-order valence-electron chi connectivity index (χ1n) is 3.89. The molecule has 0 aromatic carbocycles. The van der Waals surface area contributed by atoms with Crippen LogP contribution in [-0.4, -0.2) is 52.0 Å². The quantitative estimate of drug-likeness (QED) is 0.289. The molecule has 0 saturated heterocycles. The fourth-order valence-electron chi connectivity index (χ4n) is 0.823. The maximum Gasteiger partial charge on any atom is 0.341 e. The van der Waals surface area contributed by atoms with Crippen LogP contribution in [0.2, 0.25) is 0 Å². The summed E-state index contributed by atoms with van der Waals surface area (Å²) in [5, 5.41) is 27.6. The van der Waals surface area contributed by atoms with Gasteiger partial charge in [-0.05, 0) is 13.8 Å². The molecule has 6 nitrogen and oxygen atoms in total. The number of ether oxygens (including phenoxy) is 1.